The number of non-ortho nitro benzene ring substituents is 1. The predicted molar refractivity (Wildman–Crippen MR) is 77.3 cm³/mol. The van der Waals surface area contributed by atoms with Crippen LogP contribution in [0.15, 0.2) is 18.2 Å². The van der Waals surface area contributed by atoms with E-state index >= 15 is 0 Å². The monoisotopic (exact) mass is 280 g/mol. The van der Waals surface area contributed by atoms with Crippen LogP contribution in [-0.2, 0) is 0 Å². The lowest BCUT2D eigenvalue weighted by molar-refractivity contribution is -0.384. The van der Waals surface area contributed by atoms with Gasteiger partial charge in [0.25, 0.3) is 5.69 Å². The standard InChI is InChI=1S/C15H21FN2O2/c1-10(2)11-4-3-5-12(8-11)17-15-9-13(18(19)20)6-7-14(15)16/h6-7,9-12,17H,3-5,8H2,1-2H3. The number of nitrogens with one attached hydrogen (secondary N) is 1. The highest BCUT2D eigenvalue weighted by molar-refractivity contribution is 5.52. The van der Waals surface area contributed by atoms with Crippen LogP contribution in [0, 0.1) is 27.8 Å². The Hall–Kier alpha value is -1.65. The van der Waals surface area contributed by atoms with Crippen molar-refractivity contribution in [3.8, 4) is 0 Å². The summed E-state index contributed by atoms with van der Waals surface area (Å²) < 4.78 is 13.8. The molecule has 0 saturated heterocycles. The number of nitro groups is 1. The van der Waals surface area contributed by atoms with Crippen molar-refractivity contribution in [2.24, 2.45) is 11.8 Å². The lowest BCUT2D eigenvalue weighted by Crippen LogP contribution is -2.29. The summed E-state index contributed by atoms with van der Waals surface area (Å²) in [5, 5.41) is 13.9. The highest BCUT2D eigenvalue weighted by Crippen LogP contribution is 2.32. The average Bonchev–Trinajstić information content (AvgIpc) is 2.41. The van der Waals surface area contributed by atoms with Crippen LogP contribution in [0.1, 0.15) is 39.5 Å². The van der Waals surface area contributed by atoms with Crippen molar-refractivity contribution in [1.82, 2.24) is 0 Å². The quantitative estimate of drug-likeness (QED) is 0.658. The number of rotatable bonds is 4. The molecule has 2 unspecified atom stereocenters. The molecule has 0 spiro atoms. The SMILES string of the molecule is CC(C)C1CCCC(Nc2cc([N+](=O)[O-])ccc2F)C1. The van der Waals surface area contributed by atoms with Gasteiger partial charge in [0.05, 0.1) is 10.6 Å². The number of benzene rings is 1. The molecule has 1 aliphatic rings. The first-order valence-electron chi connectivity index (χ1n) is 7.18. The summed E-state index contributed by atoms with van der Waals surface area (Å²) in [4.78, 5) is 10.3. The molecule has 110 valence electrons. The Morgan fingerprint density at radius 3 is 2.80 bits per heavy atom. The highest BCUT2D eigenvalue weighted by atomic mass is 19.1. The molecule has 1 N–H and O–H groups in total. The molecule has 1 fully saturated rings. The fourth-order valence-electron chi connectivity index (χ4n) is 2.92. The molecule has 4 nitrogen and oxygen atoms in total. The molecule has 0 aliphatic heterocycles. The van der Waals surface area contributed by atoms with E-state index in [4.69, 9.17) is 0 Å². The van der Waals surface area contributed by atoms with Crippen LogP contribution in [-0.4, -0.2) is 11.0 Å². The van der Waals surface area contributed by atoms with Crippen molar-refractivity contribution in [3.63, 3.8) is 0 Å². The summed E-state index contributed by atoms with van der Waals surface area (Å²) >= 11 is 0. The van der Waals surface area contributed by atoms with E-state index in [-0.39, 0.29) is 17.4 Å². The van der Waals surface area contributed by atoms with E-state index < -0.39 is 10.7 Å². The number of nitrogens with zero attached hydrogens (tertiary/aromatic N) is 1. The lowest BCUT2D eigenvalue weighted by atomic mass is 9.79. The van der Waals surface area contributed by atoms with Gasteiger partial charge in [-0.05, 0) is 30.7 Å². The summed E-state index contributed by atoms with van der Waals surface area (Å²) in [7, 11) is 0. The number of nitro benzene ring substituents is 1. The minimum absolute atomic E-state index is 0.0786. The van der Waals surface area contributed by atoms with Crippen LogP contribution in [0.4, 0.5) is 15.8 Å². The zero-order valence-electron chi connectivity index (χ0n) is 11.9. The molecule has 2 atom stereocenters. The molecule has 1 aliphatic carbocycles. The van der Waals surface area contributed by atoms with Crippen LogP contribution in [0.2, 0.25) is 0 Å². The van der Waals surface area contributed by atoms with Gasteiger partial charge in [0.15, 0.2) is 0 Å². The van der Waals surface area contributed by atoms with E-state index in [0.29, 0.717) is 11.8 Å². The zero-order valence-corrected chi connectivity index (χ0v) is 11.9. The van der Waals surface area contributed by atoms with Gasteiger partial charge in [-0.25, -0.2) is 4.39 Å². The summed E-state index contributed by atoms with van der Waals surface area (Å²) in [6.45, 7) is 4.42. The fourth-order valence-corrected chi connectivity index (χ4v) is 2.92. The van der Waals surface area contributed by atoms with Gasteiger partial charge in [-0.2, -0.15) is 0 Å². The first-order chi connectivity index (χ1) is 9.47. The molecule has 20 heavy (non-hydrogen) atoms. The zero-order chi connectivity index (χ0) is 14.7. The predicted octanol–water partition coefficient (Wildman–Crippen LogP) is 4.36. The number of hydrogen-bond acceptors (Lipinski definition) is 3. The van der Waals surface area contributed by atoms with Crippen LogP contribution < -0.4 is 5.32 Å². The summed E-state index contributed by atoms with van der Waals surface area (Å²) in [5.41, 5.74) is 0.165. The third-order valence-electron chi connectivity index (χ3n) is 4.18. The Morgan fingerprint density at radius 2 is 2.15 bits per heavy atom. The van der Waals surface area contributed by atoms with Crippen molar-refractivity contribution in [3.05, 3.63) is 34.1 Å². The topological polar surface area (TPSA) is 55.2 Å². The normalized spacial score (nSPS) is 22.8. The van der Waals surface area contributed by atoms with Crippen molar-refractivity contribution < 1.29 is 9.31 Å². The Balaban J connectivity index is 2.09. The van der Waals surface area contributed by atoms with Crippen molar-refractivity contribution in [2.45, 2.75) is 45.6 Å². The van der Waals surface area contributed by atoms with Gasteiger partial charge >= 0.3 is 0 Å². The second kappa shape index (κ2) is 6.20. The first kappa shape index (κ1) is 14.8. The van der Waals surface area contributed by atoms with Gasteiger partial charge in [0, 0.05) is 18.2 Å². The van der Waals surface area contributed by atoms with Crippen molar-refractivity contribution >= 4 is 11.4 Å². The maximum atomic E-state index is 13.8. The maximum Gasteiger partial charge on any atom is 0.271 e. The number of hydrogen-bond donors (Lipinski definition) is 1. The van der Waals surface area contributed by atoms with Crippen LogP contribution in [0.5, 0.6) is 0 Å². The van der Waals surface area contributed by atoms with Crippen molar-refractivity contribution in [2.75, 3.05) is 5.32 Å². The van der Waals surface area contributed by atoms with Crippen LogP contribution in [0.3, 0.4) is 0 Å². The minimum atomic E-state index is -0.498. The summed E-state index contributed by atoms with van der Waals surface area (Å²) in [6, 6.07) is 3.84. The molecular formula is C15H21FN2O2. The third kappa shape index (κ3) is 3.46. The maximum absolute atomic E-state index is 13.8. The Morgan fingerprint density at radius 1 is 1.40 bits per heavy atom. The third-order valence-corrected chi connectivity index (χ3v) is 4.18. The molecule has 5 heteroatoms. The Bertz CT molecular complexity index is 491. The summed E-state index contributed by atoms with van der Waals surface area (Å²) in [6.07, 6.45) is 4.33. The molecule has 0 radical (unpaired) electrons. The van der Waals surface area contributed by atoms with E-state index in [0.717, 1.165) is 25.3 Å². The van der Waals surface area contributed by atoms with Gasteiger partial charge in [-0.15, -0.1) is 0 Å². The molecule has 2 rings (SSSR count). The van der Waals surface area contributed by atoms with E-state index in [2.05, 4.69) is 19.2 Å². The molecule has 1 aromatic carbocycles. The fraction of sp³-hybridized carbons (Fsp3) is 0.600. The lowest BCUT2D eigenvalue weighted by Gasteiger charge is -2.32. The van der Waals surface area contributed by atoms with E-state index in [1.165, 1.54) is 18.6 Å². The molecule has 0 bridgehead atoms. The van der Waals surface area contributed by atoms with E-state index in [1.807, 2.05) is 0 Å². The molecule has 0 heterocycles. The molecule has 0 aromatic heterocycles. The van der Waals surface area contributed by atoms with Gasteiger partial charge in [-0.1, -0.05) is 26.7 Å². The highest BCUT2D eigenvalue weighted by Gasteiger charge is 2.25. The van der Waals surface area contributed by atoms with Crippen molar-refractivity contribution in [1.29, 1.82) is 0 Å². The Kier molecular flexibility index (Phi) is 4.57. The van der Waals surface area contributed by atoms with E-state index in [1.54, 1.807) is 0 Å². The van der Waals surface area contributed by atoms with Gasteiger partial charge in [0.2, 0.25) is 0 Å². The number of anilines is 1. The van der Waals surface area contributed by atoms with Crippen LogP contribution in [0.25, 0.3) is 0 Å². The Labute approximate surface area is 118 Å². The molecule has 0 amide bonds. The number of halogens is 1. The van der Waals surface area contributed by atoms with Gasteiger partial charge in [0.1, 0.15) is 5.82 Å². The second-order valence-corrected chi connectivity index (χ2v) is 5.93. The summed E-state index contributed by atoms with van der Waals surface area (Å²) in [5.74, 6) is 0.833. The van der Waals surface area contributed by atoms with Gasteiger partial charge in [-0.3, -0.25) is 10.1 Å². The first-order valence-corrected chi connectivity index (χ1v) is 7.18. The smallest absolute Gasteiger partial charge is 0.271 e. The van der Waals surface area contributed by atoms with E-state index in [9.17, 15) is 14.5 Å². The van der Waals surface area contributed by atoms with Crippen LogP contribution >= 0.6 is 0 Å². The molecule has 1 saturated carbocycles. The molecule has 1 aromatic rings. The molecular weight excluding hydrogens is 259 g/mol. The average molecular weight is 280 g/mol. The minimum Gasteiger partial charge on any atom is -0.380 e. The van der Waals surface area contributed by atoms with Gasteiger partial charge < -0.3 is 5.32 Å². The second-order valence-electron chi connectivity index (χ2n) is 5.93. The largest absolute Gasteiger partial charge is 0.380 e.